The van der Waals surface area contributed by atoms with Crippen LogP contribution >= 0.6 is 0 Å². The van der Waals surface area contributed by atoms with Crippen molar-refractivity contribution < 1.29 is 4.74 Å². The fourth-order valence-corrected chi connectivity index (χ4v) is 0.539. The van der Waals surface area contributed by atoms with Crippen LogP contribution in [0.15, 0.2) is 0 Å². The number of hydrogen-bond acceptors (Lipinski definition) is 1. The van der Waals surface area contributed by atoms with Crippen LogP contribution in [-0.2, 0) is 4.74 Å². The molecule has 1 nitrogen and oxygen atoms in total. The lowest BCUT2D eigenvalue weighted by Crippen LogP contribution is -2.24. The normalized spacial score (nSPS) is 12.0. The summed E-state index contributed by atoms with van der Waals surface area (Å²) in [5, 5.41) is 0. The predicted octanol–water partition coefficient (Wildman–Crippen LogP) is 2.21. The van der Waals surface area contributed by atoms with Crippen molar-refractivity contribution in [3.63, 3.8) is 0 Å². The first kappa shape index (κ1) is 7.96. The van der Waals surface area contributed by atoms with E-state index >= 15 is 0 Å². The van der Waals surface area contributed by atoms with Gasteiger partial charge < -0.3 is 4.74 Å². The van der Waals surface area contributed by atoms with Crippen LogP contribution in [-0.4, -0.2) is 12.7 Å². The van der Waals surface area contributed by atoms with E-state index in [1.54, 1.807) is 7.11 Å². The summed E-state index contributed by atoms with van der Waals surface area (Å²) >= 11 is 0. The minimum absolute atomic E-state index is 0.125. The first-order chi connectivity index (χ1) is 3.68. The summed E-state index contributed by atoms with van der Waals surface area (Å²) in [6.07, 6.45) is 2.19. The molecule has 0 rings (SSSR count). The third-order valence-corrected chi connectivity index (χ3v) is 1.99. The van der Waals surface area contributed by atoms with E-state index in [-0.39, 0.29) is 5.60 Å². The van der Waals surface area contributed by atoms with Gasteiger partial charge in [0.05, 0.1) is 5.60 Å². The second-order valence-corrected chi connectivity index (χ2v) is 2.36. The molecular formula is C7H16O. The van der Waals surface area contributed by atoms with Crippen molar-refractivity contribution in [2.75, 3.05) is 7.11 Å². The minimum Gasteiger partial charge on any atom is -0.379 e. The Bertz CT molecular complexity index is 47.1. The Balaban J connectivity index is 3.58. The first-order valence-corrected chi connectivity index (χ1v) is 3.23. The van der Waals surface area contributed by atoms with Gasteiger partial charge in [-0.25, -0.2) is 0 Å². The highest BCUT2D eigenvalue weighted by molar-refractivity contribution is 4.68. The molecule has 0 spiro atoms. The van der Waals surface area contributed by atoms with Crippen molar-refractivity contribution in [1.29, 1.82) is 0 Å². The van der Waals surface area contributed by atoms with Gasteiger partial charge >= 0.3 is 0 Å². The van der Waals surface area contributed by atoms with Crippen molar-refractivity contribution in [2.45, 2.75) is 39.2 Å². The van der Waals surface area contributed by atoms with Crippen LogP contribution in [0.25, 0.3) is 0 Å². The standard InChI is InChI=1S/C7H16O/c1-5-7(3,6-2)8-4/h5-6H2,1-4H3. The molecule has 0 atom stereocenters. The molecule has 0 bridgehead atoms. The third kappa shape index (κ3) is 1.83. The second kappa shape index (κ2) is 3.08. The van der Waals surface area contributed by atoms with Gasteiger partial charge in [-0.05, 0) is 19.8 Å². The van der Waals surface area contributed by atoms with Crippen LogP contribution in [0, 0.1) is 0 Å². The molecule has 0 aliphatic carbocycles. The van der Waals surface area contributed by atoms with E-state index in [4.69, 9.17) is 4.74 Å². The molecule has 0 unspecified atom stereocenters. The molecule has 0 saturated carbocycles. The molecule has 0 aromatic heterocycles. The smallest absolute Gasteiger partial charge is 0.0645 e. The molecule has 0 aromatic rings. The van der Waals surface area contributed by atoms with Gasteiger partial charge in [0, 0.05) is 7.11 Å². The first-order valence-electron chi connectivity index (χ1n) is 3.23. The molecule has 0 aromatic carbocycles. The Morgan fingerprint density at radius 1 is 1.25 bits per heavy atom. The molecule has 0 aliphatic rings. The van der Waals surface area contributed by atoms with E-state index in [0.717, 1.165) is 12.8 Å². The molecular weight excluding hydrogens is 100 g/mol. The Labute approximate surface area is 52.0 Å². The zero-order chi connectivity index (χ0) is 6.62. The maximum absolute atomic E-state index is 5.24. The summed E-state index contributed by atoms with van der Waals surface area (Å²) in [6.45, 7) is 6.42. The molecule has 8 heavy (non-hydrogen) atoms. The molecule has 0 saturated heterocycles. The maximum Gasteiger partial charge on any atom is 0.0645 e. The monoisotopic (exact) mass is 116 g/mol. The summed E-state index contributed by atoms with van der Waals surface area (Å²) in [5.41, 5.74) is 0.125. The van der Waals surface area contributed by atoms with Crippen molar-refractivity contribution >= 4 is 0 Å². The summed E-state index contributed by atoms with van der Waals surface area (Å²) in [7, 11) is 1.77. The van der Waals surface area contributed by atoms with Crippen molar-refractivity contribution in [2.24, 2.45) is 0 Å². The second-order valence-electron chi connectivity index (χ2n) is 2.36. The van der Waals surface area contributed by atoms with Gasteiger partial charge in [-0.3, -0.25) is 0 Å². The fourth-order valence-electron chi connectivity index (χ4n) is 0.539. The van der Waals surface area contributed by atoms with Crippen molar-refractivity contribution in [1.82, 2.24) is 0 Å². The van der Waals surface area contributed by atoms with E-state index in [2.05, 4.69) is 20.8 Å². The zero-order valence-corrected chi connectivity index (χ0v) is 6.32. The van der Waals surface area contributed by atoms with Gasteiger partial charge in [0.15, 0.2) is 0 Å². The lowest BCUT2D eigenvalue weighted by Gasteiger charge is -2.24. The number of methoxy groups -OCH3 is 1. The predicted molar refractivity (Wildman–Crippen MR) is 36.0 cm³/mol. The minimum atomic E-state index is 0.125. The Kier molecular flexibility index (Phi) is 3.06. The summed E-state index contributed by atoms with van der Waals surface area (Å²) in [4.78, 5) is 0. The van der Waals surface area contributed by atoms with Crippen molar-refractivity contribution in [3.05, 3.63) is 0 Å². The van der Waals surface area contributed by atoms with Gasteiger partial charge in [0.2, 0.25) is 0 Å². The van der Waals surface area contributed by atoms with Crippen LogP contribution in [0.1, 0.15) is 33.6 Å². The van der Waals surface area contributed by atoms with Crippen LogP contribution < -0.4 is 0 Å². The molecule has 0 N–H and O–H groups in total. The number of ether oxygens (including phenoxy) is 1. The highest BCUT2D eigenvalue weighted by Gasteiger charge is 2.16. The Morgan fingerprint density at radius 2 is 1.62 bits per heavy atom. The topological polar surface area (TPSA) is 9.23 Å². The number of rotatable bonds is 3. The van der Waals surface area contributed by atoms with Gasteiger partial charge in [0.25, 0.3) is 0 Å². The van der Waals surface area contributed by atoms with Crippen LogP contribution in [0.4, 0.5) is 0 Å². The van der Waals surface area contributed by atoms with E-state index in [0.29, 0.717) is 0 Å². The molecule has 0 amide bonds. The van der Waals surface area contributed by atoms with Crippen LogP contribution in [0.3, 0.4) is 0 Å². The quantitative estimate of drug-likeness (QED) is 0.549. The lowest BCUT2D eigenvalue weighted by atomic mass is 10.0. The molecule has 50 valence electrons. The summed E-state index contributed by atoms with van der Waals surface area (Å²) in [6, 6.07) is 0. The molecule has 0 radical (unpaired) electrons. The zero-order valence-electron chi connectivity index (χ0n) is 6.32. The van der Waals surface area contributed by atoms with E-state index in [1.165, 1.54) is 0 Å². The average Bonchev–Trinajstić information content (AvgIpc) is 1.87. The lowest BCUT2D eigenvalue weighted by molar-refractivity contribution is -0.000191. The number of hydrogen-bond donors (Lipinski definition) is 0. The highest BCUT2D eigenvalue weighted by Crippen LogP contribution is 2.16. The largest absolute Gasteiger partial charge is 0.379 e. The molecule has 0 heterocycles. The molecule has 0 aliphatic heterocycles. The van der Waals surface area contributed by atoms with Crippen LogP contribution in [0.2, 0.25) is 0 Å². The van der Waals surface area contributed by atoms with E-state index in [1.807, 2.05) is 0 Å². The van der Waals surface area contributed by atoms with Gasteiger partial charge in [-0.2, -0.15) is 0 Å². The highest BCUT2D eigenvalue weighted by atomic mass is 16.5. The van der Waals surface area contributed by atoms with E-state index in [9.17, 15) is 0 Å². The summed E-state index contributed by atoms with van der Waals surface area (Å²) < 4.78 is 5.24. The average molecular weight is 116 g/mol. The Morgan fingerprint density at radius 3 is 1.62 bits per heavy atom. The molecule has 0 fully saturated rings. The van der Waals surface area contributed by atoms with Gasteiger partial charge in [-0.15, -0.1) is 0 Å². The fraction of sp³-hybridized carbons (Fsp3) is 1.00. The Hall–Kier alpha value is -0.0400. The van der Waals surface area contributed by atoms with Gasteiger partial charge in [0.1, 0.15) is 0 Å². The van der Waals surface area contributed by atoms with Crippen molar-refractivity contribution in [3.8, 4) is 0 Å². The van der Waals surface area contributed by atoms with Crippen LogP contribution in [0.5, 0.6) is 0 Å². The SMILES string of the molecule is CCC(C)(CC)OC. The van der Waals surface area contributed by atoms with Gasteiger partial charge in [-0.1, -0.05) is 13.8 Å². The summed E-state index contributed by atoms with van der Waals surface area (Å²) in [5.74, 6) is 0. The maximum atomic E-state index is 5.24. The third-order valence-electron chi connectivity index (χ3n) is 1.99. The molecule has 1 heteroatoms. The van der Waals surface area contributed by atoms with E-state index < -0.39 is 0 Å².